The number of alkyl carbamates (subject to hydrolysis) is 1. The van der Waals surface area contributed by atoms with Crippen molar-refractivity contribution in [3.63, 3.8) is 0 Å². The smallest absolute Gasteiger partial charge is 0.407 e. The van der Waals surface area contributed by atoms with E-state index in [0.29, 0.717) is 25.3 Å². The van der Waals surface area contributed by atoms with E-state index in [9.17, 15) is 19.2 Å². The van der Waals surface area contributed by atoms with Gasteiger partial charge in [0, 0.05) is 32.1 Å². The molecule has 350 valence electrons. The van der Waals surface area contributed by atoms with E-state index in [1.165, 1.54) is 20.0 Å². The molecule has 4 aliphatic heterocycles. The summed E-state index contributed by atoms with van der Waals surface area (Å²) in [6.45, 7) is 10.8. The second kappa shape index (κ2) is 18.8. The van der Waals surface area contributed by atoms with Gasteiger partial charge >= 0.3 is 12.2 Å². The highest BCUT2D eigenvalue weighted by atomic mass is 16.6. The minimum atomic E-state index is -0.952. The number of pyridine rings is 1. The number of methoxy groups -OCH3 is 1. The maximum atomic E-state index is 13.9. The molecule has 5 N–H and O–H groups in total. The molecule has 0 aliphatic carbocycles. The van der Waals surface area contributed by atoms with E-state index < -0.39 is 24.3 Å². The molecule has 4 aliphatic rings. The first kappa shape index (κ1) is 44.8. The van der Waals surface area contributed by atoms with Gasteiger partial charge in [0.2, 0.25) is 5.91 Å². The van der Waals surface area contributed by atoms with Crippen molar-refractivity contribution in [2.45, 2.75) is 122 Å². The maximum absolute atomic E-state index is 13.9. The molecule has 7 atom stereocenters. The van der Waals surface area contributed by atoms with Crippen molar-refractivity contribution in [2.75, 3.05) is 43.1 Å². The van der Waals surface area contributed by atoms with Crippen molar-refractivity contribution in [1.29, 1.82) is 0 Å². The van der Waals surface area contributed by atoms with Gasteiger partial charge in [-0.15, -0.1) is 0 Å². The third-order valence-corrected chi connectivity index (χ3v) is 14.4. The first-order valence-corrected chi connectivity index (χ1v) is 23.8. The number of hydrogen-bond acceptors (Lipinski definition) is 11. The topological polar surface area (TPSA) is 208 Å². The Kier molecular flexibility index (Phi) is 12.8. The lowest BCUT2D eigenvalue weighted by Crippen LogP contribution is -2.51. The van der Waals surface area contributed by atoms with E-state index in [2.05, 4.69) is 73.6 Å². The van der Waals surface area contributed by atoms with Crippen molar-refractivity contribution in [1.82, 2.24) is 40.0 Å². The van der Waals surface area contributed by atoms with E-state index in [1.807, 2.05) is 38.8 Å². The number of hydrogen-bond donors (Lipinski definition) is 4. The average molecular weight is 902 g/mol. The molecular weight excluding hydrogens is 839 g/mol. The predicted molar refractivity (Wildman–Crippen MR) is 251 cm³/mol. The highest BCUT2D eigenvalue weighted by molar-refractivity contribution is 5.87. The van der Waals surface area contributed by atoms with Crippen LogP contribution in [-0.4, -0.2) is 104 Å². The summed E-state index contributed by atoms with van der Waals surface area (Å²) in [6, 6.07) is 16.0. The number of carbonyl (C=O) groups excluding carboxylic acids is 4. The Morgan fingerprint density at radius 3 is 1.83 bits per heavy atom. The first-order chi connectivity index (χ1) is 31.9. The number of fused-ring (bicyclic) bond motifs is 2. The van der Waals surface area contributed by atoms with Crippen LogP contribution in [0, 0.1) is 11.8 Å². The Bertz CT molecular complexity index is 2570. The molecule has 17 heteroatoms. The van der Waals surface area contributed by atoms with Crippen LogP contribution in [0.4, 0.5) is 21.1 Å². The zero-order valence-corrected chi connectivity index (χ0v) is 38.7. The number of nitrogens with zero attached hydrogens (tertiary/aromatic N) is 7. The number of likely N-dealkylation sites (tertiary alicyclic amines) is 2. The number of carbonyl (C=O) groups is 4. The number of primary amides is 1. The molecule has 2 aromatic carbocycles. The number of benzene rings is 2. The first-order valence-electron chi connectivity index (χ1n) is 23.8. The summed E-state index contributed by atoms with van der Waals surface area (Å²) in [6.07, 6.45) is 7.45. The van der Waals surface area contributed by atoms with Crippen LogP contribution >= 0.6 is 0 Å². The van der Waals surface area contributed by atoms with Gasteiger partial charge in [-0.05, 0) is 111 Å². The molecule has 1 unspecified atom stereocenters. The highest BCUT2D eigenvalue weighted by Gasteiger charge is 2.41. The van der Waals surface area contributed by atoms with Crippen LogP contribution in [0.1, 0.15) is 132 Å². The van der Waals surface area contributed by atoms with E-state index in [-0.39, 0.29) is 47.8 Å². The Hall–Kier alpha value is -6.39. The lowest BCUT2D eigenvalue weighted by Gasteiger charge is -2.33. The SMILES string of the molecule is CCC(C)[C@H](OC(N)=O)C(=O)N1CCC[C@H]1c1nc2ccc([C@H]3CC[C@H](c4ccc5nc([C@@H]6CCCN6C(=O)[C@@H](NC(=O)OC)C(C)C)[nH]c5c4)N3c3ccc(N4CCCC4)nc3)cc2[nH]1. The van der Waals surface area contributed by atoms with Crippen molar-refractivity contribution in [3.8, 4) is 0 Å². The standard InChI is InChI=1S/C49H63N11O6/c1-6-29(4)43(66-48(50)63)47(62)59-24-10-12-40(59)45-53-34-17-14-31(26-36(34)55-45)38-19-18-37(60(38)32-15-20-41(51-27-32)57-21-7-8-22-57)30-13-16-33-35(25-30)54-44(52-33)39-11-9-23-58(39)46(61)42(28(2)3)56-49(64)65-5/h13-17,20,25-29,37-40,42-43H,6-12,18-19,21-24H2,1-5H3,(H2,50,63)(H,52,54)(H,53,55)(H,56,64)/t29?,37-,38-,39+,40+,42+,43+/m1/s1. The molecule has 4 fully saturated rings. The fourth-order valence-electron chi connectivity index (χ4n) is 10.7. The second-order valence-corrected chi connectivity index (χ2v) is 18.9. The molecule has 3 aromatic heterocycles. The third kappa shape index (κ3) is 8.71. The Morgan fingerprint density at radius 2 is 1.33 bits per heavy atom. The van der Waals surface area contributed by atoms with Crippen LogP contribution in [0.25, 0.3) is 22.1 Å². The number of aromatic amines is 2. The molecule has 7 heterocycles. The molecule has 5 aromatic rings. The second-order valence-electron chi connectivity index (χ2n) is 18.9. The molecule has 0 saturated carbocycles. The van der Waals surface area contributed by atoms with Gasteiger partial charge in [-0.1, -0.05) is 39.8 Å². The number of rotatable bonds is 13. The van der Waals surface area contributed by atoms with Crippen LogP contribution in [0.2, 0.25) is 0 Å². The summed E-state index contributed by atoms with van der Waals surface area (Å²) in [5, 5.41) is 2.74. The van der Waals surface area contributed by atoms with Gasteiger partial charge < -0.3 is 50.1 Å². The summed E-state index contributed by atoms with van der Waals surface area (Å²) in [5.74, 6) is 1.76. The number of aromatic nitrogens is 5. The van der Waals surface area contributed by atoms with Crippen molar-refractivity contribution in [2.24, 2.45) is 17.6 Å². The largest absolute Gasteiger partial charge is 0.453 e. The number of anilines is 2. The van der Waals surface area contributed by atoms with E-state index in [4.69, 9.17) is 30.2 Å². The lowest BCUT2D eigenvalue weighted by atomic mass is 10.00. The van der Waals surface area contributed by atoms with Gasteiger partial charge in [0.1, 0.15) is 23.5 Å². The molecule has 17 nitrogen and oxygen atoms in total. The number of imidazole rings is 2. The highest BCUT2D eigenvalue weighted by Crippen LogP contribution is 2.48. The minimum Gasteiger partial charge on any atom is -0.453 e. The van der Waals surface area contributed by atoms with Gasteiger partial charge in [-0.3, -0.25) is 9.59 Å². The lowest BCUT2D eigenvalue weighted by molar-refractivity contribution is -0.144. The molecule has 0 spiro atoms. The summed E-state index contributed by atoms with van der Waals surface area (Å²) in [4.78, 5) is 82.5. The molecule has 0 bridgehead atoms. The van der Waals surface area contributed by atoms with Gasteiger partial charge in [0.25, 0.3) is 5.91 Å². The molecule has 4 amide bonds. The van der Waals surface area contributed by atoms with Gasteiger partial charge in [-0.25, -0.2) is 24.5 Å². The monoisotopic (exact) mass is 901 g/mol. The molecule has 66 heavy (non-hydrogen) atoms. The van der Waals surface area contributed by atoms with Crippen LogP contribution in [0.5, 0.6) is 0 Å². The number of H-pyrrole nitrogens is 2. The molecule has 4 saturated heterocycles. The fourth-order valence-corrected chi connectivity index (χ4v) is 10.7. The van der Waals surface area contributed by atoms with Gasteiger partial charge in [-0.2, -0.15) is 0 Å². The minimum absolute atomic E-state index is 0.0240. The zero-order chi connectivity index (χ0) is 46.2. The van der Waals surface area contributed by atoms with Gasteiger partial charge in [0.15, 0.2) is 6.10 Å². The summed E-state index contributed by atoms with van der Waals surface area (Å²) >= 11 is 0. The summed E-state index contributed by atoms with van der Waals surface area (Å²) < 4.78 is 10.2. The normalized spacial score (nSPS) is 22.4. The van der Waals surface area contributed by atoms with Crippen molar-refractivity contribution >= 4 is 57.6 Å². The van der Waals surface area contributed by atoms with Crippen LogP contribution < -0.4 is 20.9 Å². The molecular formula is C49H63N11O6. The quantitative estimate of drug-likeness (QED) is 0.0899. The number of amides is 4. The maximum Gasteiger partial charge on any atom is 0.407 e. The molecule has 0 radical (unpaired) electrons. The van der Waals surface area contributed by atoms with Crippen LogP contribution in [0.15, 0.2) is 54.7 Å². The summed E-state index contributed by atoms with van der Waals surface area (Å²) in [5.41, 5.74) is 12.2. The average Bonchev–Trinajstić information content (AvgIpc) is 4.18. The number of nitrogens with two attached hydrogens (primary N) is 1. The van der Waals surface area contributed by atoms with E-state index in [1.54, 1.807) is 4.90 Å². The number of nitrogens with one attached hydrogen (secondary N) is 3. The molecule has 9 rings (SSSR count). The van der Waals surface area contributed by atoms with Crippen molar-refractivity contribution < 1.29 is 28.7 Å². The zero-order valence-electron chi connectivity index (χ0n) is 38.7. The van der Waals surface area contributed by atoms with Crippen molar-refractivity contribution in [3.05, 3.63) is 77.5 Å². The van der Waals surface area contributed by atoms with Gasteiger partial charge in [0.05, 0.1) is 65.2 Å². The third-order valence-electron chi connectivity index (χ3n) is 14.4. The Balaban J connectivity index is 1.01. The summed E-state index contributed by atoms with van der Waals surface area (Å²) in [7, 11) is 1.30. The Labute approximate surface area is 385 Å². The van der Waals surface area contributed by atoms with E-state index >= 15 is 0 Å². The number of ether oxygens (including phenoxy) is 2. The van der Waals surface area contributed by atoms with Crippen LogP contribution in [-0.2, 0) is 19.1 Å². The Morgan fingerprint density at radius 1 is 0.758 bits per heavy atom. The van der Waals surface area contributed by atoms with Crippen LogP contribution in [0.3, 0.4) is 0 Å². The van der Waals surface area contributed by atoms with E-state index in [0.717, 1.165) is 102 Å². The predicted octanol–water partition coefficient (Wildman–Crippen LogP) is 7.73. The fraction of sp³-hybridized carbons (Fsp3) is 0.531.